The second kappa shape index (κ2) is 7.04. The van der Waals surface area contributed by atoms with E-state index >= 15 is 0 Å². The number of ether oxygens (including phenoxy) is 1. The van der Waals surface area contributed by atoms with Crippen LogP contribution in [0, 0.1) is 26.7 Å². The third kappa shape index (κ3) is 4.03. The molecule has 0 saturated heterocycles. The zero-order chi connectivity index (χ0) is 14.6. The van der Waals surface area contributed by atoms with Crippen LogP contribution in [0.4, 0.5) is 0 Å². The van der Waals surface area contributed by atoms with E-state index in [4.69, 9.17) is 10.6 Å². The minimum absolute atomic E-state index is 0.116. The molecule has 0 heterocycles. The minimum Gasteiger partial charge on any atom is -0.380 e. The molecular weight excluding hydrogens is 236 g/mol. The van der Waals surface area contributed by atoms with E-state index in [-0.39, 0.29) is 12.1 Å². The Labute approximate surface area is 117 Å². The first kappa shape index (κ1) is 16.2. The van der Waals surface area contributed by atoms with E-state index in [1.807, 2.05) is 0 Å². The van der Waals surface area contributed by atoms with E-state index in [9.17, 15) is 0 Å². The van der Waals surface area contributed by atoms with Gasteiger partial charge in [0.2, 0.25) is 0 Å². The number of benzene rings is 1. The van der Waals surface area contributed by atoms with Crippen molar-refractivity contribution in [2.45, 2.75) is 53.2 Å². The van der Waals surface area contributed by atoms with Gasteiger partial charge in [-0.25, -0.2) is 0 Å². The van der Waals surface area contributed by atoms with Crippen LogP contribution in [-0.2, 0) is 11.2 Å². The zero-order valence-electron chi connectivity index (χ0n) is 13.1. The van der Waals surface area contributed by atoms with E-state index in [1.165, 1.54) is 22.3 Å². The highest BCUT2D eigenvalue weighted by atomic mass is 16.5. The molecule has 0 saturated carbocycles. The third-order valence-corrected chi connectivity index (χ3v) is 3.80. The predicted octanol–water partition coefficient (Wildman–Crippen LogP) is 2.66. The Hall–Kier alpha value is -0.900. The van der Waals surface area contributed by atoms with Crippen molar-refractivity contribution >= 4 is 0 Å². The minimum atomic E-state index is 0.116. The van der Waals surface area contributed by atoms with Crippen LogP contribution in [-0.4, -0.2) is 19.3 Å². The lowest BCUT2D eigenvalue weighted by molar-refractivity contribution is 0.0331. The maximum absolute atomic E-state index is 5.73. The Morgan fingerprint density at radius 1 is 1.16 bits per heavy atom. The van der Waals surface area contributed by atoms with Gasteiger partial charge in [-0.1, -0.05) is 31.5 Å². The Morgan fingerprint density at radius 2 is 1.68 bits per heavy atom. The molecule has 1 rings (SSSR count). The van der Waals surface area contributed by atoms with Gasteiger partial charge in [-0.2, -0.15) is 0 Å². The Balaban J connectivity index is 2.99. The SMILES string of the molecule is COC(C(C)C)C(Cc1c(C)cc(C)cc1C)NN. The molecule has 0 radical (unpaired) electrons. The molecule has 0 aliphatic rings. The number of hydrogen-bond donors (Lipinski definition) is 2. The summed E-state index contributed by atoms with van der Waals surface area (Å²) in [4.78, 5) is 0. The molecule has 2 atom stereocenters. The first-order valence-electron chi connectivity index (χ1n) is 6.96. The highest BCUT2D eigenvalue weighted by Crippen LogP contribution is 2.21. The van der Waals surface area contributed by atoms with Gasteiger partial charge in [0.25, 0.3) is 0 Å². The summed E-state index contributed by atoms with van der Waals surface area (Å²) in [6.07, 6.45) is 1.01. The van der Waals surface area contributed by atoms with Crippen LogP contribution in [0.3, 0.4) is 0 Å². The van der Waals surface area contributed by atoms with Crippen molar-refractivity contribution in [2.24, 2.45) is 11.8 Å². The number of nitrogens with two attached hydrogens (primary N) is 1. The molecule has 0 amide bonds. The smallest absolute Gasteiger partial charge is 0.0763 e. The molecule has 1 aromatic carbocycles. The van der Waals surface area contributed by atoms with Crippen LogP contribution in [0.5, 0.6) is 0 Å². The molecule has 0 aliphatic carbocycles. The normalized spacial score (nSPS) is 14.7. The first-order chi connectivity index (χ1) is 8.90. The molecule has 1 aromatic rings. The maximum Gasteiger partial charge on any atom is 0.0763 e. The second-order valence-electron chi connectivity index (χ2n) is 5.80. The van der Waals surface area contributed by atoms with Crippen LogP contribution in [0.15, 0.2) is 12.1 Å². The van der Waals surface area contributed by atoms with Gasteiger partial charge in [0.1, 0.15) is 0 Å². The maximum atomic E-state index is 5.73. The summed E-state index contributed by atoms with van der Waals surface area (Å²) in [6, 6.07) is 4.59. The van der Waals surface area contributed by atoms with Crippen molar-refractivity contribution in [2.75, 3.05) is 7.11 Å². The van der Waals surface area contributed by atoms with Gasteiger partial charge >= 0.3 is 0 Å². The van der Waals surface area contributed by atoms with Crippen molar-refractivity contribution in [3.05, 3.63) is 34.4 Å². The van der Waals surface area contributed by atoms with Crippen LogP contribution in [0.2, 0.25) is 0 Å². The summed E-state index contributed by atoms with van der Waals surface area (Å²) in [5.41, 5.74) is 8.27. The lowest BCUT2D eigenvalue weighted by atomic mass is 9.89. The highest BCUT2D eigenvalue weighted by molar-refractivity contribution is 5.38. The fourth-order valence-corrected chi connectivity index (χ4v) is 2.92. The quantitative estimate of drug-likeness (QED) is 0.613. The van der Waals surface area contributed by atoms with Crippen LogP contribution < -0.4 is 11.3 Å². The zero-order valence-corrected chi connectivity index (χ0v) is 13.1. The molecule has 19 heavy (non-hydrogen) atoms. The van der Waals surface area contributed by atoms with Crippen molar-refractivity contribution in [1.82, 2.24) is 5.43 Å². The van der Waals surface area contributed by atoms with Gasteiger partial charge in [-0.05, 0) is 49.8 Å². The summed E-state index contributed by atoms with van der Waals surface area (Å²) in [5.74, 6) is 6.16. The van der Waals surface area contributed by atoms with Crippen molar-refractivity contribution in [1.29, 1.82) is 0 Å². The monoisotopic (exact) mass is 264 g/mol. The fraction of sp³-hybridized carbons (Fsp3) is 0.625. The Morgan fingerprint density at radius 3 is 2.05 bits per heavy atom. The summed E-state index contributed by atoms with van der Waals surface area (Å²) in [6.45, 7) is 10.8. The second-order valence-corrected chi connectivity index (χ2v) is 5.80. The fourth-order valence-electron chi connectivity index (χ4n) is 2.92. The first-order valence-corrected chi connectivity index (χ1v) is 6.96. The van der Waals surface area contributed by atoms with Crippen LogP contribution in [0.25, 0.3) is 0 Å². The van der Waals surface area contributed by atoms with Crippen LogP contribution in [0.1, 0.15) is 36.1 Å². The standard InChI is InChI=1S/C16H28N2O/c1-10(2)16(19-6)15(18-17)9-14-12(4)7-11(3)8-13(14)5/h7-8,10,15-16,18H,9,17H2,1-6H3. The molecule has 3 nitrogen and oxygen atoms in total. The summed E-state index contributed by atoms with van der Waals surface area (Å²) in [5, 5.41) is 0. The number of nitrogens with one attached hydrogen (secondary N) is 1. The van der Waals surface area contributed by atoms with E-state index in [0.717, 1.165) is 6.42 Å². The molecular formula is C16H28N2O. The predicted molar refractivity (Wildman–Crippen MR) is 81.1 cm³/mol. The number of rotatable bonds is 6. The van der Waals surface area contributed by atoms with Gasteiger partial charge in [-0.15, -0.1) is 0 Å². The summed E-state index contributed by atoms with van der Waals surface area (Å²) >= 11 is 0. The molecule has 0 aromatic heterocycles. The summed E-state index contributed by atoms with van der Waals surface area (Å²) < 4.78 is 5.60. The number of hydrazine groups is 1. The van der Waals surface area contributed by atoms with Gasteiger partial charge in [-0.3, -0.25) is 11.3 Å². The van der Waals surface area contributed by atoms with Gasteiger partial charge in [0.05, 0.1) is 12.1 Å². The number of hydrogen-bond acceptors (Lipinski definition) is 3. The average Bonchev–Trinajstić information content (AvgIpc) is 2.31. The topological polar surface area (TPSA) is 47.3 Å². The van der Waals surface area contributed by atoms with Gasteiger partial charge < -0.3 is 4.74 Å². The molecule has 0 aliphatic heterocycles. The van der Waals surface area contributed by atoms with Crippen molar-refractivity contribution in [3.63, 3.8) is 0 Å². The van der Waals surface area contributed by atoms with Crippen LogP contribution >= 0.6 is 0 Å². The lowest BCUT2D eigenvalue weighted by Crippen LogP contribution is -2.48. The van der Waals surface area contributed by atoms with E-state index < -0.39 is 0 Å². The Kier molecular flexibility index (Phi) is 5.98. The van der Waals surface area contributed by atoms with E-state index in [2.05, 4.69) is 52.2 Å². The van der Waals surface area contributed by atoms with Crippen molar-refractivity contribution < 1.29 is 4.74 Å². The highest BCUT2D eigenvalue weighted by Gasteiger charge is 2.24. The molecule has 0 fully saturated rings. The Bertz CT molecular complexity index is 392. The lowest BCUT2D eigenvalue weighted by Gasteiger charge is -2.29. The largest absolute Gasteiger partial charge is 0.380 e. The average molecular weight is 264 g/mol. The molecule has 0 spiro atoms. The number of methoxy groups -OCH3 is 1. The van der Waals surface area contributed by atoms with Crippen molar-refractivity contribution in [3.8, 4) is 0 Å². The van der Waals surface area contributed by atoms with Gasteiger partial charge in [0, 0.05) is 7.11 Å². The molecule has 2 unspecified atom stereocenters. The molecule has 3 heteroatoms. The van der Waals surface area contributed by atoms with Gasteiger partial charge in [0.15, 0.2) is 0 Å². The molecule has 108 valence electrons. The molecule has 3 N–H and O–H groups in total. The number of aryl methyl sites for hydroxylation is 3. The van der Waals surface area contributed by atoms with E-state index in [0.29, 0.717) is 5.92 Å². The van der Waals surface area contributed by atoms with E-state index in [1.54, 1.807) is 7.11 Å². The third-order valence-electron chi connectivity index (χ3n) is 3.80. The summed E-state index contributed by atoms with van der Waals surface area (Å²) in [7, 11) is 1.75. The molecule has 0 bridgehead atoms.